The summed E-state index contributed by atoms with van der Waals surface area (Å²) in [5, 5.41) is 12.0. The molecule has 0 saturated carbocycles. The summed E-state index contributed by atoms with van der Waals surface area (Å²) in [5.74, 6) is 2.17. The van der Waals surface area contributed by atoms with Crippen LogP contribution in [-0.2, 0) is 11.2 Å². The molecule has 1 fully saturated rings. The Hall–Kier alpha value is -4.67. The molecular weight excluding hydrogens is 580 g/mol. The molecule has 1 saturated heterocycles. The number of rotatable bonds is 12. The summed E-state index contributed by atoms with van der Waals surface area (Å²) in [6.45, 7) is 1.83. The number of carboxylic acid groups (broad SMARTS) is 1. The SMILES string of the molecule is COc1ccc(SN2CCC(Oc3ccc(Oc4ccc(CC(=O)Nc5ccccc5C(=O)O)cc4)cc3)CC2)cc1OC. The van der Waals surface area contributed by atoms with Crippen molar-refractivity contribution < 1.29 is 33.6 Å². The lowest BCUT2D eigenvalue weighted by atomic mass is 10.1. The van der Waals surface area contributed by atoms with Crippen molar-refractivity contribution in [1.82, 2.24) is 4.31 Å². The van der Waals surface area contributed by atoms with Gasteiger partial charge in [0.1, 0.15) is 23.4 Å². The number of aromatic carboxylic acids is 1. The van der Waals surface area contributed by atoms with Crippen LogP contribution in [0.1, 0.15) is 28.8 Å². The highest BCUT2D eigenvalue weighted by atomic mass is 32.2. The summed E-state index contributed by atoms with van der Waals surface area (Å²) in [6.07, 6.45) is 2.10. The molecule has 2 N–H and O–H groups in total. The van der Waals surface area contributed by atoms with Crippen LogP contribution in [0, 0.1) is 0 Å². The van der Waals surface area contributed by atoms with Gasteiger partial charge in [-0.25, -0.2) is 9.10 Å². The highest BCUT2D eigenvalue weighted by Gasteiger charge is 2.22. The summed E-state index contributed by atoms with van der Waals surface area (Å²) in [5.41, 5.74) is 1.10. The molecule has 1 aliphatic heterocycles. The molecule has 4 aromatic carbocycles. The van der Waals surface area contributed by atoms with Gasteiger partial charge in [0.2, 0.25) is 5.91 Å². The van der Waals surface area contributed by atoms with Crippen LogP contribution in [0.15, 0.2) is 95.9 Å². The second-order valence-electron chi connectivity index (χ2n) is 10.1. The van der Waals surface area contributed by atoms with E-state index in [9.17, 15) is 14.7 Å². The molecule has 228 valence electrons. The number of carbonyl (C=O) groups is 2. The van der Waals surface area contributed by atoms with Gasteiger partial charge in [0.05, 0.1) is 31.9 Å². The van der Waals surface area contributed by atoms with Gasteiger partial charge in [0, 0.05) is 18.0 Å². The molecule has 44 heavy (non-hydrogen) atoms. The Morgan fingerprint density at radius 3 is 2.14 bits per heavy atom. The first-order chi connectivity index (χ1) is 21.4. The Bertz CT molecular complexity index is 1570. The molecule has 5 rings (SSSR count). The van der Waals surface area contributed by atoms with Gasteiger partial charge in [0.25, 0.3) is 0 Å². The molecule has 0 spiro atoms. The Morgan fingerprint density at radius 1 is 0.841 bits per heavy atom. The molecule has 0 unspecified atom stereocenters. The summed E-state index contributed by atoms with van der Waals surface area (Å²) in [7, 11) is 3.28. The van der Waals surface area contributed by atoms with Crippen LogP contribution in [0.5, 0.6) is 28.7 Å². The molecule has 0 radical (unpaired) electrons. The fourth-order valence-corrected chi connectivity index (χ4v) is 5.79. The molecule has 0 bridgehead atoms. The van der Waals surface area contributed by atoms with Crippen molar-refractivity contribution in [2.24, 2.45) is 0 Å². The molecule has 1 heterocycles. The number of benzene rings is 4. The van der Waals surface area contributed by atoms with Crippen LogP contribution in [-0.4, -0.2) is 54.7 Å². The Balaban J connectivity index is 1.06. The van der Waals surface area contributed by atoms with Crippen molar-refractivity contribution in [1.29, 1.82) is 0 Å². The quantitative estimate of drug-likeness (QED) is 0.164. The molecule has 9 nitrogen and oxygen atoms in total. The van der Waals surface area contributed by atoms with Crippen LogP contribution in [0.3, 0.4) is 0 Å². The first-order valence-electron chi connectivity index (χ1n) is 14.2. The van der Waals surface area contributed by atoms with Gasteiger partial charge in [0.15, 0.2) is 11.5 Å². The van der Waals surface area contributed by atoms with Gasteiger partial charge in [-0.1, -0.05) is 24.3 Å². The van der Waals surface area contributed by atoms with Crippen molar-refractivity contribution in [3.63, 3.8) is 0 Å². The fourth-order valence-electron chi connectivity index (χ4n) is 4.81. The summed E-state index contributed by atoms with van der Waals surface area (Å²) in [6, 6.07) is 27.1. The number of nitrogens with one attached hydrogen (secondary N) is 1. The van der Waals surface area contributed by atoms with Gasteiger partial charge in [-0.2, -0.15) is 0 Å². The van der Waals surface area contributed by atoms with E-state index in [0.29, 0.717) is 11.5 Å². The van der Waals surface area contributed by atoms with Crippen LogP contribution in [0.25, 0.3) is 0 Å². The predicted molar refractivity (Wildman–Crippen MR) is 169 cm³/mol. The molecule has 1 amide bonds. The maximum Gasteiger partial charge on any atom is 0.337 e. The molecule has 0 aromatic heterocycles. The third-order valence-corrected chi connectivity index (χ3v) is 8.16. The van der Waals surface area contributed by atoms with Gasteiger partial charge in [-0.15, -0.1) is 0 Å². The Kier molecular flexibility index (Phi) is 10.3. The van der Waals surface area contributed by atoms with Crippen LogP contribution in [0.4, 0.5) is 5.69 Å². The topological polar surface area (TPSA) is 107 Å². The Labute approximate surface area is 260 Å². The number of anilines is 1. The fraction of sp³-hybridized carbons (Fsp3) is 0.235. The zero-order chi connectivity index (χ0) is 30.9. The van der Waals surface area contributed by atoms with Gasteiger partial charge < -0.3 is 29.4 Å². The van der Waals surface area contributed by atoms with Crippen LogP contribution >= 0.6 is 11.9 Å². The molecule has 10 heteroatoms. The second kappa shape index (κ2) is 14.7. The molecule has 0 aliphatic carbocycles. The summed E-state index contributed by atoms with van der Waals surface area (Å²) in [4.78, 5) is 25.0. The number of piperidine rings is 1. The van der Waals surface area contributed by atoms with Gasteiger partial charge in [-0.3, -0.25) is 4.79 Å². The van der Waals surface area contributed by atoms with Gasteiger partial charge >= 0.3 is 5.97 Å². The van der Waals surface area contributed by atoms with E-state index in [0.717, 1.165) is 53.6 Å². The lowest BCUT2D eigenvalue weighted by Crippen LogP contribution is -2.34. The lowest BCUT2D eigenvalue weighted by Gasteiger charge is -2.31. The van der Waals surface area contributed by atoms with E-state index in [-0.39, 0.29) is 29.7 Å². The minimum absolute atomic E-state index is 0.0490. The van der Waals surface area contributed by atoms with E-state index in [2.05, 4.69) is 9.62 Å². The second-order valence-corrected chi connectivity index (χ2v) is 11.3. The van der Waals surface area contributed by atoms with Crippen LogP contribution < -0.4 is 24.3 Å². The maximum absolute atomic E-state index is 12.5. The number of para-hydroxylation sites is 1. The molecule has 0 atom stereocenters. The van der Waals surface area contributed by atoms with Crippen molar-refractivity contribution in [3.8, 4) is 28.7 Å². The van der Waals surface area contributed by atoms with E-state index in [1.54, 1.807) is 56.5 Å². The number of hydrogen-bond donors (Lipinski definition) is 2. The number of hydrogen-bond acceptors (Lipinski definition) is 8. The van der Waals surface area contributed by atoms with Crippen molar-refractivity contribution in [2.45, 2.75) is 30.3 Å². The Morgan fingerprint density at radius 2 is 1.48 bits per heavy atom. The highest BCUT2D eigenvalue weighted by Crippen LogP contribution is 2.35. The number of nitrogens with zero attached hydrogens (tertiary/aromatic N) is 1. The molecule has 1 aliphatic rings. The average molecular weight is 615 g/mol. The van der Waals surface area contributed by atoms with E-state index in [1.165, 1.54) is 6.07 Å². The first kappa shape index (κ1) is 30.8. The minimum Gasteiger partial charge on any atom is -0.493 e. The number of ether oxygens (including phenoxy) is 4. The smallest absolute Gasteiger partial charge is 0.337 e. The van der Waals surface area contributed by atoms with Gasteiger partial charge in [-0.05, 0) is 97.1 Å². The zero-order valence-electron chi connectivity index (χ0n) is 24.5. The molecular formula is C34H34N2O7S. The summed E-state index contributed by atoms with van der Waals surface area (Å²) >= 11 is 1.72. The van der Waals surface area contributed by atoms with Crippen LogP contribution in [0.2, 0.25) is 0 Å². The number of carboxylic acids is 1. The third kappa shape index (κ3) is 8.24. The van der Waals surface area contributed by atoms with Crippen molar-refractivity contribution in [2.75, 3.05) is 32.6 Å². The van der Waals surface area contributed by atoms with E-state index < -0.39 is 5.97 Å². The maximum atomic E-state index is 12.5. The van der Waals surface area contributed by atoms with E-state index >= 15 is 0 Å². The normalized spacial score (nSPS) is 13.6. The minimum atomic E-state index is -1.09. The standard InChI is InChI=1S/C34H34N2O7S/c1-40-31-16-15-28(22-32(31)41-2)44-36-19-17-27(18-20-36)43-26-13-11-25(12-14-26)42-24-9-7-23(8-10-24)21-33(37)35-30-6-4-3-5-29(30)34(38)39/h3-16,22,27H,17-21H2,1-2H3,(H,35,37)(H,38,39). The lowest BCUT2D eigenvalue weighted by molar-refractivity contribution is -0.115. The van der Waals surface area contributed by atoms with E-state index in [4.69, 9.17) is 18.9 Å². The largest absolute Gasteiger partial charge is 0.493 e. The number of methoxy groups -OCH3 is 2. The number of amides is 1. The highest BCUT2D eigenvalue weighted by molar-refractivity contribution is 7.97. The first-order valence-corrected chi connectivity index (χ1v) is 15.0. The zero-order valence-corrected chi connectivity index (χ0v) is 25.3. The molecule has 4 aromatic rings. The average Bonchev–Trinajstić information content (AvgIpc) is 3.04. The van der Waals surface area contributed by atoms with Crippen molar-refractivity contribution in [3.05, 3.63) is 102 Å². The monoisotopic (exact) mass is 614 g/mol. The van der Waals surface area contributed by atoms with E-state index in [1.807, 2.05) is 54.6 Å². The van der Waals surface area contributed by atoms with Crippen molar-refractivity contribution >= 4 is 29.5 Å². The predicted octanol–water partition coefficient (Wildman–Crippen LogP) is 6.93. The number of carbonyl (C=O) groups excluding carboxylic acids is 1. The third-order valence-electron chi connectivity index (χ3n) is 7.07. The summed E-state index contributed by atoms with van der Waals surface area (Å²) < 4.78 is 25.3.